The van der Waals surface area contributed by atoms with Gasteiger partial charge in [0.15, 0.2) is 0 Å². The highest BCUT2D eigenvalue weighted by atomic mass is 16.6. The quantitative estimate of drug-likeness (QED) is 0.414. The van der Waals surface area contributed by atoms with Crippen molar-refractivity contribution in [3.8, 4) is 0 Å². The Kier molecular flexibility index (Phi) is 2.51. The molecule has 0 radical (unpaired) electrons. The Morgan fingerprint density at radius 1 is 1.50 bits per heavy atom. The second kappa shape index (κ2) is 3.88. The van der Waals surface area contributed by atoms with Crippen LogP contribution in [0.3, 0.4) is 0 Å². The van der Waals surface area contributed by atoms with Gasteiger partial charge in [0.25, 0.3) is 0 Å². The van der Waals surface area contributed by atoms with Crippen LogP contribution in [-0.2, 0) is 14.3 Å². The molecule has 2 bridgehead atoms. The Balaban J connectivity index is 1.58. The van der Waals surface area contributed by atoms with E-state index in [1.165, 1.54) is 0 Å². The molecule has 88 valence electrons. The van der Waals surface area contributed by atoms with Crippen LogP contribution in [0.2, 0.25) is 0 Å². The number of epoxide rings is 1. The molecular formula is C13H18O3. The van der Waals surface area contributed by atoms with Crippen molar-refractivity contribution in [2.75, 3.05) is 6.61 Å². The second-order valence-electron chi connectivity index (χ2n) is 5.14. The molecular weight excluding hydrogens is 204 g/mol. The van der Waals surface area contributed by atoms with Gasteiger partial charge in [0.05, 0.1) is 12.5 Å². The number of carbonyl (C=O) groups is 1. The van der Waals surface area contributed by atoms with E-state index in [1.54, 1.807) is 0 Å². The Hall–Kier alpha value is -0.830. The molecule has 1 heterocycles. The Morgan fingerprint density at radius 2 is 2.31 bits per heavy atom. The molecule has 5 atom stereocenters. The Labute approximate surface area is 95.8 Å². The molecule has 1 aliphatic heterocycles. The maximum atomic E-state index is 12.0. The number of hydrogen-bond acceptors (Lipinski definition) is 3. The standard InChI is InChI=1S/C13H18O3/c1-2-11(12-7-15-12)16-13(14)10-6-8-3-4-9(10)5-8/h3-4,8-12H,2,5-7H2,1H3. The highest BCUT2D eigenvalue weighted by Crippen LogP contribution is 2.44. The first-order valence-electron chi connectivity index (χ1n) is 6.28. The average Bonchev–Trinajstić information content (AvgIpc) is 2.92. The second-order valence-corrected chi connectivity index (χ2v) is 5.14. The lowest BCUT2D eigenvalue weighted by molar-refractivity contribution is -0.156. The zero-order chi connectivity index (χ0) is 11.1. The van der Waals surface area contributed by atoms with E-state index in [-0.39, 0.29) is 24.1 Å². The first-order valence-corrected chi connectivity index (χ1v) is 6.28. The summed E-state index contributed by atoms with van der Waals surface area (Å²) >= 11 is 0. The largest absolute Gasteiger partial charge is 0.459 e. The van der Waals surface area contributed by atoms with E-state index in [9.17, 15) is 4.79 Å². The summed E-state index contributed by atoms with van der Waals surface area (Å²) in [6.07, 6.45) is 7.58. The van der Waals surface area contributed by atoms with Crippen molar-refractivity contribution >= 4 is 5.97 Å². The Morgan fingerprint density at radius 3 is 2.81 bits per heavy atom. The maximum absolute atomic E-state index is 12.0. The SMILES string of the molecule is CCC(OC(=O)C1CC2C=CC1C2)C1CO1. The molecule has 0 aromatic carbocycles. The Bertz CT molecular complexity index is 319. The van der Waals surface area contributed by atoms with Gasteiger partial charge in [0, 0.05) is 0 Å². The molecule has 3 aliphatic rings. The summed E-state index contributed by atoms with van der Waals surface area (Å²) < 4.78 is 10.8. The zero-order valence-electron chi connectivity index (χ0n) is 9.59. The van der Waals surface area contributed by atoms with Crippen LogP contribution in [0.1, 0.15) is 26.2 Å². The molecule has 0 aromatic heterocycles. The third-order valence-corrected chi connectivity index (χ3v) is 4.03. The van der Waals surface area contributed by atoms with Crippen molar-refractivity contribution in [2.24, 2.45) is 17.8 Å². The van der Waals surface area contributed by atoms with Gasteiger partial charge >= 0.3 is 5.97 Å². The van der Waals surface area contributed by atoms with E-state index in [0.717, 1.165) is 25.9 Å². The molecule has 16 heavy (non-hydrogen) atoms. The molecule has 0 N–H and O–H groups in total. The van der Waals surface area contributed by atoms with E-state index in [2.05, 4.69) is 12.2 Å². The predicted octanol–water partition coefficient (Wildman–Crippen LogP) is 1.92. The summed E-state index contributed by atoms with van der Waals surface area (Å²) in [5, 5.41) is 0. The van der Waals surface area contributed by atoms with Crippen LogP contribution in [0.15, 0.2) is 12.2 Å². The minimum Gasteiger partial charge on any atom is -0.459 e. The minimum absolute atomic E-state index is 0.000741. The fourth-order valence-corrected chi connectivity index (χ4v) is 2.98. The molecule has 3 heteroatoms. The van der Waals surface area contributed by atoms with Gasteiger partial charge in [-0.2, -0.15) is 0 Å². The molecule has 0 aromatic rings. The molecule has 0 amide bonds. The van der Waals surface area contributed by atoms with Crippen LogP contribution >= 0.6 is 0 Å². The van der Waals surface area contributed by atoms with Gasteiger partial charge in [-0.15, -0.1) is 0 Å². The van der Waals surface area contributed by atoms with Gasteiger partial charge in [0.1, 0.15) is 12.2 Å². The monoisotopic (exact) mass is 222 g/mol. The first-order chi connectivity index (χ1) is 7.78. The third kappa shape index (κ3) is 1.77. The van der Waals surface area contributed by atoms with Gasteiger partial charge in [-0.05, 0) is 31.1 Å². The summed E-state index contributed by atoms with van der Waals surface area (Å²) in [7, 11) is 0. The predicted molar refractivity (Wildman–Crippen MR) is 58.8 cm³/mol. The molecule has 1 saturated heterocycles. The number of allylic oxidation sites excluding steroid dienone is 2. The summed E-state index contributed by atoms with van der Waals surface area (Å²) in [5.41, 5.74) is 0. The maximum Gasteiger partial charge on any atom is 0.309 e. The highest BCUT2D eigenvalue weighted by molar-refractivity contribution is 5.74. The lowest BCUT2D eigenvalue weighted by atomic mass is 9.94. The van der Waals surface area contributed by atoms with Crippen LogP contribution in [0.4, 0.5) is 0 Å². The summed E-state index contributed by atoms with van der Waals surface area (Å²) in [4.78, 5) is 12.0. The number of ether oxygens (including phenoxy) is 2. The lowest BCUT2D eigenvalue weighted by Crippen LogP contribution is -2.29. The molecule has 3 rings (SSSR count). The van der Waals surface area contributed by atoms with Crippen molar-refractivity contribution in [3.63, 3.8) is 0 Å². The average molecular weight is 222 g/mol. The van der Waals surface area contributed by atoms with Crippen molar-refractivity contribution in [3.05, 3.63) is 12.2 Å². The number of hydrogen-bond donors (Lipinski definition) is 0. The molecule has 2 fully saturated rings. The number of esters is 1. The van der Waals surface area contributed by atoms with Gasteiger partial charge in [-0.1, -0.05) is 19.1 Å². The van der Waals surface area contributed by atoms with E-state index in [1.807, 2.05) is 6.92 Å². The van der Waals surface area contributed by atoms with Crippen molar-refractivity contribution in [1.82, 2.24) is 0 Å². The van der Waals surface area contributed by atoms with Gasteiger partial charge in [-0.25, -0.2) is 0 Å². The highest BCUT2D eigenvalue weighted by Gasteiger charge is 2.43. The van der Waals surface area contributed by atoms with Crippen LogP contribution in [0.5, 0.6) is 0 Å². The van der Waals surface area contributed by atoms with Gasteiger partial charge in [0.2, 0.25) is 0 Å². The topological polar surface area (TPSA) is 38.8 Å². The van der Waals surface area contributed by atoms with E-state index >= 15 is 0 Å². The van der Waals surface area contributed by atoms with Gasteiger partial charge < -0.3 is 9.47 Å². The van der Waals surface area contributed by atoms with Crippen LogP contribution < -0.4 is 0 Å². The zero-order valence-corrected chi connectivity index (χ0v) is 9.59. The molecule has 5 unspecified atom stereocenters. The molecule has 3 nitrogen and oxygen atoms in total. The van der Waals surface area contributed by atoms with Crippen LogP contribution in [-0.4, -0.2) is 24.8 Å². The fraction of sp³-hybridized carbons (Fsp3) is 0.769. The molecule has 2 aliphatic carbocycles. The van der Waals surface area contributed by atoms with Gasteiger partial charge in [-0.3, -0.25) is 4.79 Å². The number of rotatable bonds is 4. The summed E-state index contributed by atoms with van der Waals surface area (Å²) in [6, 6.07) is 0. The third-order valence-electron chi connectivity index (χ3n) is 4.03. The van der Waals surface area contributed by atoms with Crippen LogP contribution in [0, 0.1) is 17.8 Å². The normalized spacial score (nSPS) is 41.1. The lowest BCUT2D eigenvalue weighted by Gasteiger charge is -2.20. The number of fused-ring (bicyclic) bond motifs is 2. The fourth-order valence-electron chi connectivity index (χ4n) is 2.98. The summed E-state index contributed by atoms with van der Waals surface area (Å²) in [6.45, 7) is 2.79. The number of carbonyl (C=O) groups excluding carboxylic acids is 1. The molecule has 0 spiro atoms. The van der Waals surface area contributed by atoms with Crippen molar-refractivity contribution in [2.45, 2.75) is 38.4 Å². The van der Waals surface area contributed by atoms with E-state index in [0.29, 0.717) is 11.8 Å². The van der Waals surface area contributed by atoms with Crippen molar-refractivity contribution < 1.29 is 14.3 Å². The van der Waals surface area contributed by atoms with E-state index < -0.39 is 0 Å². The molecule has 1 saturated carbocycles. The van der Waals surface area contributed by atoms with Crippen molar-refractivity contribution in [1.29, 1.82) is 0 Å². The van der Waals surface area contributed by atoms with E-state index in [4.69, 9.17) is 9.47 Å². The smallest absolute Gasteiger partial charge is 0.309 e. The van der Waals surface area contributed by atoms with Crippen LogP contribution in [0.25, 0.3) is 0 Å². The minimum atomic E-state index is -0.0180. The first kappa shape index (κ1) is 10.3. The summed E-state index contributed by atoms with van der Waals surface area (Å²) in [5.74, 6) is 1.18.